The van der Waals surface area contributed by atoms with Crippen LogP contribution < -0.4 is 4.90 Å². The van der Waals surface area contributed by atoms with E-state index < -0.39 is 0 Å². The number of hydrogen-bond donors (Lipinski definition) is 1. The molecule has 0 aromatic heterocycles. The lowest BCUT2D eigenvalue weighted by molar-refractivity contribution is -0.917. The van der Waals surface area contributed by atoms with Gasteiger partial charge in [0.15, 0.2) is 0 Å². The van der Waals surface area contributed by atoms with Crippen molar-refractivity contribution in [3.8, 4) is 0 Å². The first-order valence-corrected chi connectivity index (χ1v) is 10.0. The summed E-state index contributed by atoms with van der Waals surface area (Å²) in [6.45, 7) is 4.57. The third-order valence-corrected chi connectivity index (χ3v) is 5.68. The summed E-state index contributed by atoms with van der Waals surface area (Å²) < 4.78 is 13.0. The van der Waals surface area contributed by atoms with Gasteiger partial charge < -0.3 is 9.80 Å². The maximum absolute atomic E-state index is 13.0. The molecule has 0 radical (unpaired) electrons. The van der Waals surface area contributed by atoms with Gasteiger partial charge in [-0.05, 0) is 34.9 Å². The molecule has 0 spiro atoms. The van der Waals surface area contributed by atoms with Crippen LogP contribution in [0.1, 0.15) is 17.5 Å². The lowest BCUT2D eigenvalue weighted by Gasteiger charge is -2.32. The van der Waals surface area contributed by atoms with Gasteiger partial charge in [0.1, 0.15) is 12.4 Å². The van der Waals surface area contributed by atoms with Crippen molar-refractivity contribution in [3.63, 3.8) is 0 Å². The normalized spacial score (nSPS) is 15.1. The molecule has 1 fully saturated rings. The molecule has 0 saturated carbocycles. The van der Waals surface area contributed by atoms with Crippen molar-refractivity contribution in [2.45, 2.75) is 19.4 Å². The molecule has 144 valence electrons. The molecule has 4 rings (SSSR count). The van der Waals surface area contributed by atoms with E-state index in [-0.39, 0.29) is 11.7 Å². The van der Waals surface area contributed by atoms with Crippen LogP contribution in [0.15, 0.2) is 66.7 Å². The standard InChI is InChI=1S/C24H25FN2O/c25-22-11-8-19(9-12-22)10-13-24(28)27-16-14-26(15-17-27)18-21-6-3-5-20-4-1-2-7-23(20)21/h1-9,11-12H,10,13-18H2/p+1. The predicted molar refractivity (Wildman–Crippen MR) is 110 cm³/mol. The van der Waals surface area contributed by atoms with Crippen molar-refractivity contribution in [2.24, 2.45) is 0 Å². The minimum atomic E-state index is -0.236. The summed E-state index contributed by atoms with van der Waals surface area (Å²) in [5.41, 5.74) is 2.39. The van der Waals surface area contributed by atoms with Crippen LogP contribution in [0, 0.1) is 5.82 Å². The van der Waals surface area contributed by atoms with E-state index >= 15 is 0 Å². The summed E-state index contributed by atoms with van der Waals surface area (Å²) in [4.78, 5) is 16.0. The van der Waals surface area contributed by atoms with E-state index in [0.717, 1.165) is 38.3 Å². The predicted octanol–water partition coefficient (Wildman–Crippen LogP) is 2.84. The van der Waals surface area contributed by atoms with Gasteiger partial charge in [0.25, 0.3) is 0 Å². The van der Waals surface area contributed by atoms with Gasteiger partial charge in [0.05, 0.1) is 26.2 Å². The van der Waals surface area contributed by atoms with Crippen molar-refractivity contribution in [2.75, 3.05) is 26.2 Å². The molecule has 0 atom stereocenters. The van der Waals surface area contributed by atoms with Crippen LogP contribution >= 0.6 is 0 Å². The highest BCUT2D eigenvalue weighted by molar-refractivity contribution is 5.85. The number of halogens is 1. The van der Waals surface area contributed by atoms with Crippen molar-refractivity contribution >= 4 is 16.7 Å². The van der Waals surface area contributed by atoms with Crippen molar-refractivity contribution in [1.82, 2.24) is 4.90 Å². The summed E-state index contributed by atoms with van der Waals surface area (Å²) in [6, 6.07) is 21.5. The Labute approximate surface area is 165 Å². The highest BCUT2D eigenvalue weighted by Crippen LogP contribution is 2.17. The SMILES string of the molecule is O=C(CCc1ccc(F)cc1)N1CC[NH+](Cc2cccc3ccccc23)CC1. The fourth-order valence-corrected chi connectivity index (χ4v) is 4.03. The molecule has 0 aliphatic carbocycles. The summed E-state index contributed by atoms with van der Waals surface area (Å²) in [5.74, 6) is -0.0334. The summed E-state index contributed by atoms with van der Waals surface area (Å²) in [7, 11) is 0. The lowest BCUT2D eigenvalue weighted by Crippen LogP contribution is -3.13. The monoisotopic (exact) mass is 377 g/mol. The number of fused-ring (bicyclic) bond motifs is 1. The highest BCUT2D eigenvalue weighted by Gasteiger charge is 2.23. The van der Waals surface area contributed by atoms with Crippen LogP contribution in [0.25, 0.3) is 10.8 Å². The van der Waals surface area contributed by atoms with Gasteiger partial charge in [-0.1, -0.05) is 54.6 Å². The Morgan fingerprint density at radius 1 is 0.929 bits per heavy atom. The number of carbonyl (C=O) groups excluding carboxylic acids is 1. The molecule has 3 aromatic rings. The first kappa shape index (κ1) is 18.6. The second-order valence-electron chi connectivity index (χ2n) is 7.57. The Hall–Kier alpha value is -2.72. The molecule has 3 aromatic carbocycles. The van der Waals surface area contributed by atoms with Crippen LogP contribution in [0.3, 0.4) is 0 Å². The fraction of sp³-hybridized carbons (Fsp3) is 0.292. The highest BCUT2D eigenvalue weighted by atomic mass is 19.1. The van der Waals surface area contributed by atoms with Gasteiger partial charge >= 0.3 is 0 Å². The van der Waals surface area contributed by atoms with E-state index in [1.165, 1.54) is 33.4 Å². The molecule has 28 heavy (non-hydrogen) atoms. The molecule has 1 heterocycles. The van der Waals surface area contributed by atoms with Gasteiger partial charge in [-0.2, -0.15) is 0 Å². The zero-order chi connectivity index (χ0) is 19.3. The smallest absolute Gasteiger partial charge is 0.223 e. The second-order valence-corrected chi connectivity index (χ2v) is 7.57. The second kappa shape index (κ2) is 8.53. The molecule has 1 aliphatic heterocycles. The van der Waals surface area contributed by atoms with Gasteiger partial charge in [-0.15, -0.1) is 0 Å². The average Bonchev–Trinajstić information content (AvgIpc) is 2.74. The lowest BCUT2D eigenvalue weighted by atomic mass is 10.0. The number of benzene rings is 3. The van der Waals surface area contributed by atoms with E-state index in [2.05, 4.69) is 42.5 Å². The van der Waals surface area contributed by atoms with Gasteiger partial charge in [-0.25, -0.2) is 4.39 Å². The van der Waals surface area contributed by atoms with Gasteiger partial charge in [0, 0.05) is 12.0 Å². The topological polar surface area (TPSA) is 24.8 Å². The van der Waals surface area contributed by atoms with Crippen LogP contribution in [0.4, 0.5) is 4.39 Å². The zero-order valence-corrected chi connectivity index (χ0v) is 16.0. The first-order chi connectivity index (χ1) is 13.7. The minimum Gasteiger partial charge on any atom is -0.331 e. The van der Waals surface area contributed by atoms with E-state index in [9.17, 15) is 9.18 Å². The molecule has 0 bridgehead atoms. The van der Waals surface area contributed by atoms with Crippen molar-refractivity contribution < 1.29 is 14.1 Å². The van der Waals surface area contributed by atoms with Gasteiger partial charge in [0.2, 0.25) is 5.91 Å². The number of nitrogens with one attached hydrogen (secondary N) is 1. The summed E-state index contributed by atoms with van der Waals surface area (Å²) in [6.07, 6.45) is 1.16. The fourth-order valence-electron chi connectivity index (χ4n) is 4.03. The van der Waals surface area contributed by atoms with Crippen molar-refractivity contribution in [3.05, 3.63) is 83.7 Å². The average molecular weight is 377 g/mol. The molecular weight excluding hydrogens is 351 g/mol. The number of hydrogen-bond acceptors (Lipinski definition) is 1. The van der Waals surface area contributed by atoms with E-state index in [1.54, 1.807) is 12.1 Å². The molecule has 4 heteroatoms. The van der Waals surface area contributed by atoms with E-state index in [4.69, 9.17) is 0 Å². The van der Waals surface area contributed by atoms with Crippen LogP contribution in [0.5, 0.6) is 0 Å². The van der Waals surface area contributed by atoms with Crippen LogP contribution in [0.2, 0.25) is 0 Å². The maximum Gasteiger partial charge on any atom is 0.223 e. The number of nitrogens with zero attached hydrogens (tertiary/aromatic N) is 1. The summed E-state index contributed by atoms with van der Waals surface area (Å²) in [5, 5.41) is 2.62. The number of aryl methyl sites for hydroxylation is 1. The number of rotatable bonds is 5. The minimum absolute atomic E-state index is 0.202. The quantitative estimate of drug-likeness (QED) is 0.727. The first-order valence-electron chi connectivity index (χ1n) is 10.0. The largest absolute Gasteiger partial charge is 0.331 e. The Bertz CT molecular complexity index is 941. The number of carbonyl (C=O) groups is 1. The third-order valence-electron chi connectivity index (χ3n) is 5.68. The van der Waals surface area contributed by atoms with Crippen LogP contribution in [-0.4, -0.2) is 37.0 Å². The van der Waals surface area contributed by atoms with Crippen molar-refractivity contribution in [1.29, 1.82) is 0 Å². The molecule has 1 saturated heterocycles. The molecule has 1 amide bonds. The molecule has 1 N–H and O–H groups in total. The Kier molecular flexibility index (Phi) is 5.68. The Balaban J connectivity index is 1.29. The van der Waals surface area contributed by atoms with Crippen LogP contribution in [-0.2, 0) is 17.8 Å². The molecular formula is C24H26FN2O+. The number of piperazine rings is 1. The molecule has 3 nitrogen and oxygen atoms in total. The number of amides is 1. The Morgan fingerprint density at radius 2 is 1.64 bits per heavy atom. The third kappa shape index (κ3) is 4.39. The van der Waals surface area contributed by atoms with E-state index in [0.29, 0.717) is 12.8 Å². The maximum atomic E-state index is 13.0. The summed E-state index contributed by atoms with van der Waals surface area (Å²) >= 11 is 0. The molecule has 1 aliphatic rings. The Morgan fingerprint density at radius 3 is 2.43 bits per heavy atom. The zero-order valence-electron chi connectivity index (χ0n) is 16.0. The molecule has 0 unspecified atom stereocenters. The number of quaternary nitrogens is 1. The van der Waals surface area contributed by atoms with E-state index in [1.807, 2.05) is 4.90 Å². The van der Waals surface area contributed by atoms with Gasteiger partial charge in [-0.3, -0.25) is 4.79 Å².